The summed E-state index contributed by atoms with van der Waals surface area (Å²) in [5.41, 5.74) is 18.2. The summed E-state index contributed by atoms with van der Waals surface area (Å²) in [6.07, 6.45) is -0.374. The van der Waals surface area contributed by atoms with Crippen LogP contribution >= 0.6 is 11.8 Å². The van der Waals surface area contributed by atoms with E-state index in [1.807, 2.05) is 51.1 Å². The lowest BCUT2D eigenvalue weighted by atomic mass is 9.82. The monoisotopic (exact) mass is 960 g/mol. The van der Waals surface area contributed by atoms with Gasteiger partial charge in [-0.15, -0.1) is 11.8 Å². The Bertz CT molecular complexity index is 2240. The number of nitrogens with two attached hydrogens (primary N) is 3. The fourth-order valence-corrected chi connectivity index (χ4v) is 8.24. The van der Waals surface area contributed by atoms with Crippen molar-refractivity contribution in [3.8, 4) is 11.1 Å². The zero-order chi connectivity index (χ0) is 50.2. The Hall–Kier alpha value is -6.43. The van der Waals surface area contributed by atoms with Crippen LogP contribution in [-0.4, -0.2) is 144 Å². The molecule has 1 aromatic heterocycles. The van der Waals surface area contributed by atoms with Gasteiger partial charge in [-0.3, -0.25) is 38.4 Å². The van der Waals surface area contributed by atoms with Crippen molar-refractivity contribution >= 4 is 59.2 Å². The number of rotatable bonds is 27. The fourth-order valence-electron chi connectivity index (χ4n) is 7.16. The van der Waals surface area contributed by atoms with E-state index in [2.05, 4.69) is 10.6 Å². The van der Waals surface area contributed by atoms with Crippen molar-refractivity contribution in [3.63, 3.8) is 0 Å². The Kier molecular flexibility index (Phi) is 20.9. The molecule has 0 radical (unpaired) electrons. The highest BCUT2D eigenvalue weighted by Gasteiger charge is 2.38. The first kappa shape index (κ1) is 54.9. The highest BCUT2D eigenvalue weighted by Crippen LogP contribution is 2.41. The summed E-state index contributed by atoms with van der Waals surface area (Å²) in [7, 11) is 0. The molecular weight excluding hydrogens is 903 g/mol. The number of carbonyl (C=O) groups excluding carboxylic acids is 5. The summed E-state index contributed by atoms with van der Waals surface area (Å²) in [5.74, 6) is -10.4. The average molecular weight is 961 g/mol. The third kappa shape index (κ3) is 16.7. The van der Waals surface area contributed by atoms with Gasteiger partial charge in [0.1, 0.15) is 30.3 Å². The quantitative estimate of drug-likeness (QED) is 0.0512. The highest BCUT2D eigenvalue weighted by molar-refractivity contribution is 8.00. The molecule has 12 N–H and O–H groups in total. The second kappa shape index (κ2) is 25.5. The molecule has 2 aromatic carbocycles. The molecule has 0 aliphatic heterocycles. The number of primary amides is 1. The first-order valence-electron chi connectivity index (χ1n) is 21.0. The predicted molar refractivity (Wildman–Crippen MR) is 241 cm³/mol. The summed E-state index contributed by atoms with van der Waals surface area (Å²) < 4.78 is 31.4. The average Bonchev–Trinajstić information content (AvgIpc) is 3.66. The molecule has 67 heavy (non-hydrogen) atoms. The smallest absolute Gasteiger partial charge is 0.321 e. The van der Waals surface area contributed by atoms with Gasteiger partial charge in [0, 0.05) is 61.4 Å². The van der Waals surface area contributed by atoms with Gasteiger partial charge >= 0.3 is 17.9 Å². The number of benzene rings is 2. The summed E-state index contributed by atoms with van der Waals surface area (Å²) in [6.45, 7) is 2.96. The first-order valence-corrected chi connectivity index (χ1v) is 22.0. The van der Waals surface area contributed by atoms with E-state index in [1.54, 1.807) is 16.8 Å². The molecule has 0 aliphatic carbocycles. The van der Waals surface area contributed by atoms with Gasteiger partial charge in [0.2, 0.25) is 29.5 Å². The van der Waals surface area contributed by atoms with E-state index in [9.17, 15) is 58.1 Å². The van der Waals surface area contributed by atoms with E-state index in [-0.39, 0.29) is 37.4 Å². The lowest BCUT2D eigenvalue weighted by Crippen LogP contribution is -2.54. The number of aromatic nitrogens is 1. The molecule has 1 heterocycles. The third-order valence-electron chi connectivity index (χ3n) is 10.4. The molecule has 0 saturated heterocycles. The lowest BCUT2D eigenvalue weighted by molar-refractivity contribution is -0.142. The number of halogens is 2. The van der Waals surface area contributed by atoms with Crippen molar-refractivity contribution in [2.45, 2.75) is 82.4 Å². The number of carbonyl (C=O) groups is 8. The lowest BCUT2D eigenvalue weighted by Gasteiger charge is -2.41. The Morgan fingerprint density at radius 2 is 1.49 bits per heavy atom. The molecule has 3 rings (SSSR count). The number of thioether (sulfide) groups is 1. The Labute approximate surface area is 389 Å². The molecule has 3 aromatic rings. The van der Waals surface area contributed by atoms with Crippen LogP contribution in [0.15, 0.2) is 60.8 Å². The molecule has 0 aliphatic rings. The minimum atomic E-state index is -1.55. The van der Waals surface area contributed by atoms with Crippen molar-refractivity contribution in [2.24, 2.45) is 22.6 Å². The van der Waals surface area contributed by atoms with Crippen LogP contribution in [0.3, 0.4) is 0 Å². The second-order valence-corrected chi connectivity index (χ2v) is 17.8. The summed E-state index contributed by atoms with van der Waals surface area (Å²) in [5, 5.41) is 41.2. The molecule has 23 heteroatoms. The van der Waals surface area contributed by atoms with Gasteiger partial charge in [-0.05, 0) is 48.1 Å². The van der Waals surface area contributed by atoms with Crippen molar-refractivity contribution in [1.82, 2.24) is 25.0 Å². The molecule has 0 fully saturated rings. The number of carboxylic acid groups (broad SMARTS) is 3. The van der Waals surface area contributed by atoms with Crippen LogP contribution in [0.25, 0.3) is 11.1 Å². The van der Waals surface area contributed by atoms with Gasteiger partial charge in [-0.2, -0.15) is 0 Å². The zero-order valence-corrected chi connectivity index (χ0v) is 38.0. The largest absolute Gasteiger partial charge is 0.481 e. The van der Waals surface area contributed by atoms with Crippen molar-refractivity contribution < 1.29 is 67.6 Å². The molecule has 20 nitrogen and oxygen atoms in total. The van der Waals surface area contributed by atoms with Crippen LogP contribution in [0.1, 0.15) is 63.8 Å². The van der Waals surface area contributed by atoms with Crippen molar-refractivity contribution in [1.29, 1.82) is 0 Å². The molecule has 366 valence electrons. The van der Waals surface area contributed by atoms with Gasteiger partial charge in [-0.25, -0.2) is 8.78 Å². The zero-order valence-electron chi connectivity index (χ0n) is 37.2. The summed E-state index contributed by atoms with van der Waals surface area (Å²) in [6, 6.07) is 8.81. The summed E-state index contributed by atoms with van der Waals surface area (Å²) >= 11 is 0.627. The van der Waals surface area contributed by atoms with Crippen LogP contribution < -0.4 is 27.8 Å². The van der Waals surface area contributed by atoms with Crippen molar-refractivity contribution in [3.05, 3.63) is 83.7 Å². The maximum absolute atomic E-state index is 15.1. The van der Waals surface area contributed by atoms with Crippen LogP contribution in [0.2, 0.25) is 0 Å². The Balaban J connectivity index is 1.84. The predicted octanol–water partition coefficient (Wildman–Crippen LogP) is 0.875. The normalized spacial score (nSPS) is 13.6. The molecule has 0 spiro atoms. The maximum atomic E-state index is 15.1. The second-order valence-electron chi connectivity index (χ2n) is 16.6. The molecule has 5 amide bonds. The van der Waals surface area contributed by atoms with E-state index in [0.29, 0.717) is 23.0 Å². The SMILES string of the molecule is CC(C)(C)C(c1cc(-c2cc(F)ccc2F)cn1Cc1ccccc1)N(CCC(N)C(=O)NCCN(C(=O)CNC(=O)C(CC(=O)O)SCC(N)C(=O)O)C(CCC(=O)O)C(N)=O)C(=O)CO. The van der Waals surface area contributed by atoms with E-state index < -0.39 is 133 Å². The van der Waals surface area contributed by atoms with Crippen LogP contribution in [0.5, 0.6) is 0 Å². The minimum absolute atomic E-state index is 0.0208. The summed E-state index contributed by atoms with van der Waals surface area (Å²) in [4.78, 5) is 102. The Morgan fingerprint density at radius 1 is 0.821 bits per heavy atom. The standard InChI is InChI=1S/C44H58F2N8O12S/c1-44(2,3)39(33-17-26(28-18-27(45)9-10-29(28)46)22-52(33)21-25-7-5-4-6-8-25)54(36(57)23-55)15-13-30(47)41(63)50-14-16-53(32(40(49)62)11-12-37(58)59)35(56)20-51-42(64)34(19-38(60)61)67-24-31(48)43(65)66/h4-10,17-18,22,30-32,34,39,55H,11-16,19-21,23-24,47-48H2,1-3H3,(H2,49,62)(H,50,63)(H,51,64)(H,58,59)(H,60,61)(H,65,66). The van der Waals surface area contributed by atoms with E-state index in [1.165, 1.54) is 4.90 Å². The number of aliphatic hydroxyl groups excluding tert-OH is 1. The topological polar surface area (TPSA) is 331 Å². The number of hydrogen-bond donors (Lipinski definition) is 9. The number of hydrogen-bond acceptors (Lipinski definition) is 12. The van der Waals surface area contributed by atoms with Gasteiger partial charge in [0.05, 0.1) is 30.3 Å². The number of aliphatic carboxylic acids is 3. The van der Waals surface area contributed by atoms with E-state index in [0.717, 1.165) is 28.7 Å². The van der Waals surface area contributed by atoms with Gasteiger partial charge in [-0.1, -0.05) is 51.1 Å². The van der Waals surface area contributed by atoms with Gasteiger partial charge in [0.15, 0.2) is 0 Å². The van der Waals surface area contributed by atoms with Crippen LogP contribution in [0.4, 0.5) is 8.78 Å². The molecule has 5 atom stereocenters. The van der Waals surface area contributed by atoms with Gasteiger partial charge in [0.25, 0.3) is 0 Å². The fraction of sp³-hybridized carbons (Fsp3) is 0.455. The number of amides is 5. The molecule has 5 unspecified atom stereocenters. The van der Waals surface area contributed by atoms with E-state index >= 15 is 4.39 Å². The number of aliphatic hydroxyl groups is 1. The Morgan fingerprint density at radius 3 is 2.07 bits per heavy atom. The van der Waals surface area contributed by atoms with Crippen LogP contribution in [0, 0.1) is 17.0 Å². The number of nitrogens with one attached hydrogen (secondary N) is 2. The van der Waals surface area contributed by atoms with Crippen molar-refractivity contribution in [2.75, 3.05) is 38.5 Å². The highest BCUT2D eigenvalue weighted by atomic mass is 32.2. The maximum Gasteiger partial charge on any atom is 0.321 e. The number of nitrogens with zero attached hydrogens (tertiary/aromatic N) is 3. The first-order chi connectivity index (χ1) is 31.4. The third-order valence-corrected chi connectivity index (χ3v) is 11.8. The van der Waals surface area contributed by atoms with E-state index in [4.69, 9.17) is 22.3 Å². The number of carboxylic acids is 3. The molecule has 0 saturated carbocycles. The molecule has 0 bridgehead atoms. The minimum Gasteiger partial charge on any atom is -0.481 e. The van der Waals surface area contributed by atoms with Crippen LogP contribution in [-0.2, 0) is 44.9 Å². The molecular formula is C44H58F2N8O12S. The van der Waals surface area contributed by atoms with Gasteiger partial charge < -0.3 is 62.6 Å².